The molecule has 7 heterocycles. The van der Waals surface area contributed by atoms with E-state index in [4.69, 9.17) is 34.9 Å². The molecule has 3 aliphatic heterocycles. The van der Waals surface area contributed by atoms with Gasteiger partial charge in [0.05, 0.1) is 33.2 Å². The van der Waals surface area contributed by atoms with E-state index in [0.717, 1.165) is 10.9 Å². The second-order valence-electron chi connectivity index (χ2n) is 12.6. The van der Waals surface area contributed by atoms with E-state index in [-0.39, 0.29) is 47.4 Å². The number of aromatic amines is 2. The van der Waals surface area contributed by atoms with Crippen LogP contribution in [-0.4, -0.2) is 128 Å². The number of nitrogens with two attached hydrogens (primary N) is 2. The fraction of sp³-hybridized carbons (Fsp3) is 0.583. The van der Waals surface area contributed by atoms with Gasteiger partial charge in [-0.1, -0.05) is 4.98 Å². The first-order chi connectivity index (χ1) is 25.7. The van der Waals surface area contributed by atoms with Gasteiger partial charge in [0, 0.05) is 7.11 Å². The van der Waals surface area contributed by atoms with Crippen LogP contribution in [0.15, 0.2) is 22.2 Å². The number of nitrogens with one attached hydrogen (secondary N) is 2. The first-order valence-electron chi connectivity index (χ1n) is 15.7. The Hall–Kier alpha value is -3.53. The van der Waals surface area contributed by atoms with Gasteiger partial charge in [-0.25, -0.2) is 23.2 Å². The molecule has 5 unspecified atom stereocenters. The number of ether oxygens (including phenoxy) is 4. The summed E-state index contributed by atoms with van der Waals surface area (Å²) in [6.07, 6.45) is -6.47. The third-order valence-electron chi connectivity index (χ3n) is 8.90. The van der Waals surface area contributed by atoms with Crippen LogP contribution in [0.1, 0.15) is 6.23 Å². The second kappa shape index (κ2) is 14.1. The Morgan fingerprint density at radius 1 is 1.00 bits per heavy atom. The van der Waals surface area contributed by atoms with E-state index in [0.29, 0.717) is 0 Å². The number of anilines is 2. The zero-order chi connectivity index (χ0) is 39.8. The van der Waals surface area contributed by atoms with Gasteiger partial charge in [-0.05, 0) is 0 Å². The minimum atomic E-state index is -5.95. The van der Waals surface area contributed by atoms with Crippen molar-refractivity contribution >= 4 is 57.7 Å². The van der Waals surface area contributed by atoms with Gasteiger partial charge in [0.2, 0.25) is 11.5 Å². The minimum Gasteiger partial charge on any atom is -0.387 e. The molecular formula is C24H34N10O18P3+. The monoisotopic (exact) mass is 843 g/mol. The van der Waals surface area contributed by atoms with Crippen LogP contribution < -0.4 is 27.2 Å². The molecule has 7 rings (SSSR count). The summed E-state index contributed by atoms with van der Waals surface area (Å²) >= 11 is 0. The quantitative estimate of drug-likeness (QED) is 0.0437. The molecule has 11 N–H and O–H groups in total. The zero-order valence-corrected chi connectivity index (χ0v) is 30.9. The topological polar surface area (TPSA) is 396 Å². The molecule has 3 fully saturated rings. The summed E-state index contributed by atoms with van der Waals surface area (Å²) in [6.45, 7) is -2.08. The van der Waals surface area contributed by atoms with Crippen LogP contribution in [0.25, 0.3) is 22.3 Å². The van der Waals surface area contributed by atoms with Crippen LogP contribution >= 0.6 is 23.5 Å². The fourth-order valence-electron chi connectivity index (χ4n) is 6.67. The molecule has 0 aromatic carbocycles. The Morgan fingerprint density at radius 2 is 1.67 bits per heavy atom. The van der Waals surface area contributed by atoms with Crippen LogP contribution in [0.3, 0.4) is 0 Å². The van der Waals surface area contributed by atoms with E-state index in [9.17, 15) is 48.2 Å². The summed E-state index contributed by atoms with van der Waals surface area (Å²) in [5, 5.41) is 21.1. The van der Waals surface area contributed by atoms with Crippen LogP contribution in [0.4, 0.5) is 11.9 Å². The molecule has 302 valence electrons. The molecule has 4 aromatic heterocycles. The van der Waals surface area contributed by atoms with Gasteiger partial charge in [0.25, 0.3) is 17.1 Å². The summed E-state index contributed by atoms with van der Waals surface area (Å²) in [5.74, 6) is -0.424. The lowest BCUT2D eigenvalue weighted by atomic mass is 9.99. The molecule has 3 saturated heterocycles. The van der Waals surface area contributed by atoms with Crippen molar-refractivity contribution in [3.05, 3.63) is 33.4 Å². The lowest BCUT2D eigenvalue weighted by Gasteiger charge is -2.31. The van der Waals surface area contributed by atoms with E-state index in [1.165, 1.54) is 11.7 Å². The van der Waals surface area contributed by atoms with Gasteiger partial charge in [-0.3, -0.25) is 37.7 Å². The highest BCUT2D eigenvalue weighted by atomic mass is 31.3. The van der Waals surface area contributed by atoms with Gasteiger partial charge < -0.3 is 55.3 Å². The highest BCUT2D eigenvalue weighted by Gasteiger charge is 2.63. The number of aliphatic hydroxyl groups is 2. The summed E-state index contributed by atoms with van der Waals surface area (Å²) < 4.78 is 83.2. The zero-order valence-electron chi connectivity index (χ0n) is 28.2. The van der Waals surface area contributed by atoms with Gasteiger partial charge in [0.1, 0.15) is 48.8 Å². The van der Waals surface area contributed by atoms with Gasteiger partial charge in [-0.15, -0.1) is 0 Å². The largest absolute Gasteiger partial charge is 0.490 e. The summed E-state index contributed by atoms with van der Waals surface area (Å²) in [4.78, 5) is 71.7. The van der Waals surface area contributed by atoms with Gasteiger partial charge in [-0.2, -0.15) is 13.6 Å². The molecule has 28 nitrogen and oxygen atoms in total. The maximum absolute atomic E-state index is 12.8. The smallest absolute Gasteiger partial charge is 0.387 e. The number of aromatic nitrogens is 8. The molecule has 0 amide bonds. The van der Waals surface area contributed by atoms with E-state index in [1.807, 2.05) is 0 Å². The Kier molecular flexibility index (Phi) is 10.2. The average molecular weight is 844 g/mol. The second-order valence-corrected chi connectivity index (χ2v) is 17.2. The molecule has 31 heteroatoms. The summed E-state index contributed by atoms with van der Waals surface area (Å²) in [6, 6.07) is 0. The third kappa shape index (κ3) is 7.53. The maximum atomic E-state index is 12.8. The lowest BCUT2D eigenvalue weighted by molar-refractivity contribution is -0.683. The number of hydrogen-bond acceptors (Lipinski definition) is 20. The van der Waals surface area contributed by atoms with Crippen molar-refractivity contribution in [2.75, 3.05) is 38.4 Å². The van der Waals surface area contributed by atoms with Crippen LogP contribution in [0, 0.1) is 0 Å². The first-order valence-corrected chi connectivity index (χ1v) is 20.2. The Labute approximate surface area is 305 Å². The van der Waals surface area contributed by atoms with E-state index < -0.39 is 96.3 Å². The van der Waals surface area contributed by atoms with Crippen molar-refractivity contribution in [1.82, 2.24) is 34.1 Å². The average Bonchev–Trinajstić information content (AvgIpc) is 3.86. The van der Waals surface area contributed by atoms with Crippen LogP contribution in [-0.2, 0) is 63.9 Å². The van der Waals surface area contributed by atoms with Gasteiger partial charge >= 0.3 is 29.1 Å². The SMILES string of the molecule is CO[C@@H]1C2OC[C@]1(COP(=O)(O)OP(=O)(O)OP(=O)(O)OC[C@H]1O[C@@H](n3cnc4c(=O)[nH]c(N)nc43)[C@@H](O)C1O)O[C@H]2C[n+]1cn(C)c2c(=O)[nH]c(N)nc21. The molecule has 0 aliphatic carbocycles. The summed E-state index contributed by atoms with van der Waals surface area (Å²) in [7, 11) is -14.3. The molecule has 3 aliphatic rings. The standard InChI is InChI=1S/C24H33N10O18P3/c1-32-8-33(18-12(32)20(38)31-23(26)29-18)3-9-15-16(45-2)24(50-9,5-46-15)6-48-54(41,42)52-55(43,44)51-53(39,40)47-4-10-13(35)14(36)21(49-10)34-7-27-11-17(34)28-22(25)30-19(11)37/h7-10,13-16,21,35-36H,3-6H2,1-2H3,(H8-,25,26,28,29,30,31,37,38,39,40,41,42,43,44)/p+1/t9-,10+,13?,14-,15?,16+,21+,24+/m0/s1. The molecule has 55 heavy (non-hydrogen) atoms. The number of phosphoric acid groups is 3. The number of aryl methyl sites for hydroxylation is 1. The fourth-order valence-corrected chi connectivity index (χ4v) is 10.2. The van der Waals surface area contributed by atoms with Crippen molar-refractivity contribution in [2.45, 2.75) is 55.0 Å². The number of phosphoric ester groups is 2. The van der Waals surface area contributed by atoms with Crippen molar-refractivity contribution < 1.29 is 79.8 Å². The number of imidazole rings is 2. The van der Waals surface area contributed by atoms with Crippen molar-refractivity contribution in [3.63, 3.8) is 0 Å². The number of nitrogens with zero attached hydrogens (tertiary/aromatic N) is 6. The molecule has 0 saturated carbocycles. The number of H-pyrrole nitrogens is 2. The van der Waals surface area contributed by atoms with Crippen LogP contribution in [0.5, 0.6) is 0 Å². The number of hydrogen-bond donors (Lipinski definition) is 9. The number of rotatable bonds is 14. The van der Waals surface area contributed by atoms with E-state index in [1.54, 1.807) is 17.9 Å². The van der Waals surface area contributed by atoms with Gasteiger partial charge in [0.15, 0.2) is 23.7 Å². The lowest BCUT2D eigenvalue weighted by Crippen LogP contribution is -2.48. The predicted molar refractivity (Wildman–Crippen MR) is 176 cm³/mol. The van der Waals surface area contributed by atoms with E-state index in [2.05, 4.69) is 38.1 Å². The maximum Gasteiger partial charge on any atom is 0.490 e. The first kappa shape index (κ1) is 39.7. The number of methoxy groups -OCH3 is 1. The normalized spacial score (nSPS) is 31.2. The highest BCUT2D eigenvalue weighted by Crippen LogP contribution is 2.68. The van der Waals surface area contributed by atoms with E-state index >= 15 is 0 Å². The number of fused-ring (bicyclic) bond motifs is 4. The molecular weight excluding hydrogens is 809 g/mol. The van der Waals surface area contributed by atoms with Crippen molar-refractivity contribution in [2.24, 2.45) is 7.05 Å². The Balaban J connectivity index is 0.959. The van der Waals surface area contributed by atoms with Crippen LogP contribution in [0.2, 0.25) is 0 Å². The number of nitrogen functional groups attached to an aromatic ring is 2. The number of aliphatic hydroxyl groups excluding tert-OH is 2. The molecule has 4 aromatic rings. The molecule has 11 atom stereocenters. The third-order valence-corrected chi connectivity index (χ3v) is 13.1. The Morgan fingerprint density at radius 3 is 2.38 bits per heavy atom. The summed E-state index contributed by atoms with van der Waals surface area (Å²) in [5.41, 5.74) is 8.65. The van der Waals surface area contributed by atoms with Crippen molar-refractivity contribution in [1.29, 1.82) is 0 Å². The molecule has 2 bridgehead atoms. The minimum absolute atomic E-state index is 0.0364. The predicted octanol–water partition coefficient (Wildman–Crippen LogP) is -3.62. The van der Waals surface area contributed by atoms with Crippen molar-refractivity contribution in [3.8, 4) is 0 Å². The molecule has 0 radical (unpaired) electrons. The highest BCUT2D eigenvalue weighted by molar-refractivity contribution is 7.66. The Bertz CT molecular complexity index is 2400. The molecule has 0 spiro atoms.